The van der Waals surface area contributed by atoms with Gasteiger partial charge >= 0.3 is 5.97 Å². The fourth-order valence-electron chi connectivity index (χ4n) is 2.62. The second kappa shape index (κ2) is 9.47. The summed E-state index contributed by atoms with van der Waals surface area (Å²) in [5.74, 6) is -0.515. The standard InChI is InChI=1S/C20H15I2NO5S/c1-2-23-18(24)16(29-20(23)27)9-12-7-14(21)17(15(22)8-12)28-10-11-3-5-13(6-4-11)19(25)26/h3-9H,2,10H2,1H3,(H,25,26)/b16-9+. The molecule has 1 heterocycles. The van der Waals surface area contributed by atoms with E-state index >= 15 is 0 Å². The Balaban J connectivity index is 1.76. The van der Waals surface area contributed by atoms with Crippen molar-refractivity contribution in [2.75, 3.05) is 6.54 Å². The van der Waals surface area contributed by atoms with Crippen LogP contribution < -0.4 is 4.74 Å². The van der Waals surface area contributed by atoms with Crippen LogP contribution in [-0.2, 0) is 11.4 Å². The number of aromatic carboxylic acids is 1. The molecule has 29 heavy (non-hydrogen) atoms. The average molecular weight is 635 g/mol. The number of carbonyl (C=O) groups excluding carboxylic acids is 2. The van der Waals surface area contributed by atoms with E-state index in [4.69, 9.17) is 9.84 Å². The summed E-state index contributed by atoms with van der Waals surface area (Å²) in [6.45, 7) is 2.43. The number of carbonyl (C=O) groups is 3. The highest BCUT2D eigenvalue weighted by Crippen LogP contribution is 2.34. The molecule has 1 aliphatic heterocycles. The number of likely N-dealkylation sites (N-methyl/N-ethyl adjacent to an activating group) is 1. The van der Waals surface area contributed by atoms with Gasteiger partial charge in [0.25, 0.3) is 11.1 Å². The molecule has 0 atom stereocenters. The van der Waals surface area contributed by atoms with Crippen LogP contribution in [-0.4, -0.2) is 33.7 Å². The third kappa shape index (κ3) is 5.12. The van der Waals surface area contributed by atoms with Crippen LogP contribution in [0.15, 0.2) is 41.3 Å². The predicted octanol–water partition coefficient (Wildman–Crippen LogP) is 5.23. The first-order valence-corrected chi connectivity index (χ1v) is 11.5. The molecule has 2 aromatic rings. The molecule has 0 bridgehead atoms. The van der Waals surface area contributed by atoms with E-state index in [1.165, 1.54) is 4.90 Å². The zero-order chi connectivity index (χ0) is 21.1. The number of benzene rings is 2. The first kappa shape index (κ1) is 22.1. The number of hydrogen-bond acceptors (Lipinski definition) is 5. The van der Waals surface area contributed by atoms with Gasteiger partial charge in [0.1, 0.15) is 12.4 Å². The van der Waals surface area contributed by atoms with E-state index in [-0.39, 0.29) is 16.7 Å². The van der Waals surface area contributed by atoms with E-state index in [1.807, 2.05) is 12.1 Å². The van der Waals surface area contributed by atoms with Crippen molar-refractivity contribution in [3.8, 4) is 5.75 Å². The number of imide groups is 1. The van der Waals surface area contributed by atoms with E-state index < -0.39 is 5.97 Å². The maximum atomic E-state index is 12.3. The third-order valence-electron chi connectivity index (χ3n) is 4.09. The monoisotopic (exact) mass is 635 g/mol. The highest BCUT2D eigenvalue weighted by Gasteiger charge is 2.33. The Morgan fingerprint density at radius 2 is 1.79 bits per heavy atom. The number of carboxylic acids is 1. The van der Waals surface area contributed by atoms with Crippen LogP contribution in [0.3, 0.4) is 0 Å². The van der Waals surface area contributed by atoms with Gasteiger partial charge < -0.3 is 9.84 Å². The van der Waals surface area contributed by atoms with Gasteiger partial charge in [0, 0.05) is 6.54 Å². The highest BCUT2D eigenvalue weighted by molar-refractivity contribution is 14.1. The van der Waals surface area contributed by atoms with Crippen LogP contribution in [0.5, 0.6) is 5.75 Å². The number of hydrogen-bond donors (Lipinski definition) is 1. The summed E-state index contributed by atoms with van der Waals surface area (Å²) in [7, 11) is 0. The molecule has 0 aromatic heterocycles. The van der Waals surface area contributed by atoms with Crippen molar-refractivity contribution in [3.05, 3.63) is 65.1 Å². The maximum Gasteiger partial charge on any atom is 0.335 e. The largest absolute Gasteiger partial charge is 0.487 e. The van der Waals surface area contributed by atoms with Gasteiger partial charge in [0.2, 0.25) is 0 Å². The lowest BCUT2D eigenvalue weighted by Crippen LogP contribution is -2.27. The third-order valence-corrected chi connectivity index (χ3v) is 6.60. The summed E-state index contributed by atoms with van der Waals surface area (Å²) in [5.41, 5.74) is 1.91. The van der Waals surface area contributed by atoms with Crippen molar-refractivity contribution < 1.29 is 24.2 Å². The van der Waals surface area contributed by atoms with Crippen LogP contribution in [0.25, 0.3) is 6.08 Å². The molecule has 1 saturated heterocycles. The van der Waals surface area contributed by atoms with E-state index in [0.717, 1.165) is 30.0 Å². The quantitative estimate of drug-likeness (QED) is 0.346. The fraction of sp³-hybridized carbons (Fsp3) is 0.150. The topological polar surface area (TPSA) is 83.9 Å². The molecule has 150 valence electrons. The lowest BCUT2D eigenvalue weighted by Gasteiger charge is -2.12. The van der Waals surface area contributed by atoms with Crippen molar-refractivity contribution in [2.45, 2.75) is 13.5 Å². The second-order valence-electron chi connectivity index (χ2n) is 6.03. The maximum absolute atomic E-state index is 12.3. The molecule has 0 unspecified atom stereocenters. The van der Waals surface area contributed by atoms with Gasteiger partial charge in [-0.3, -0.25) is 14.5 Å². The highest BCUT2D eigenvalue weighted by atomic mass is 127. The molecule has 0 spiro atoms. The first-order chi connectivity index (χ1) is 13.8. The Bertz CT molecular complexity index is 997. The lowest BCUT2D eigenvalue weighted by atomic mass is 10.1. The van der Waals surface area contributed by atoms with E-state index in [9.17, 15) is 14.4 Å². The van der Waals surface area contributed by atoms with Gasteiger partial charge in [0.15, 0.2) is 0 Å². The molecule has 2 aromatic carbocycles. The van der Waals surface area contributed by atoms with Crippen molar-refractivity contribution in [1.82, 2.24) is 4.90 Å². The SMILES string of the molecule is CCN1C(=O)S/C(=C/c2cc(I)c(OCc3ccc(C(=O)O)cc3)c(I)c2)C1=O. The number of carboxylic acid groups (broad SMARTS) is 1. The van der Waals surface area contributed by atoms with E-state index in [2.05, 4.69) is 45.2 Å². The van der Waals surface area contributed by atoms with Crippen molar-refractivity contribution in [2.24, 2.45) is 0 Å². The predicted molar refractivity (Wildman–Crippen MR) is 128 cm³/mol. The minimum Gasteiger partial charge on any atom is -0.487 e. The normalized spacial score (nSPS) is 15.3. The Hall–Kier alpha value is -1.60. The van der Waals surface area contributed by atoms with E-state index in [0.29, 0.717) is 23.8 Å². The fourth-order valence-corrected chi connectivity index (χ4v) is 5.65. The molecular weight excluding hydrogens is 620 g/mol. The van der Waals surface area contributed by atoms with Crippen LogP contribution in [0.1, 0.15) is 28.4 Å². The number of ether oxygens (including phenoxy) is 1. The zero-order valence-electron chi connectivity index (χ0n) is 15.1. The molecule has 1 aliphatic rings. The number of rotatable bonds is 6. The Morgan fingerprint density at radius 1 is 1.17 bits per heavy atom. The summed E-state index contributed by atoms with van der Waals surface area (Å²) in [6.07, 6.45) is 1.72. The Morgan fingerprint density at radius 3 is 2.31 bits per heavy atom. The summed E-state index contributed by atoms with van der Waals surface area (Å²) in [6, 6.07) is 10.3. The Labute approximate surface area is 199 Å². The van der Waals surface area contributed by atoms with Gasteiger partial charge in [-0.25, -0.2) is 4.79 Å². The van der Waals surface area contributed by atoms with Crippen molar-refractivity contribution >= 4 is 80.1 Å². The molecule has 1 N–H and O–H groups in total. The molecule has 9 heteroatoms. The summed E-state index contributed by atoms with van der Waals surface area (Å²) >= 11 is 5.29. The molecule has 6 nitrogen and oxygen atoms in total. The van der Waals surface area contributed by atoms with Crippen molar-refractivity contribution in [3.63, 3.8) is 0 Å². The molecular formula is C20H15I2NO5S. The smallest absolute Gasteiger partial charge is 0.335 e. The molecule has 2 amide bonds. The summed E-state index contributed by atoms with van der Waals surface area (Å²) in [4.78, 5) is 36.7. The minimum atomic E-state index is -0.964. The van der Waals surface area contributed by atoms with Gasteiger partial charge in [-0.05, 0) is 105 Å². The number of halogens is 2. The van der Waals surface area contributed by atoms with Crippen LogP contribution in [0.4, 0.5) is 4.79 Å². The van der Waals surface area contributed by atoms with Gasteiger partial charge in [0.05, 0.1) is 17.6 Å². The summed E-state index contributed by atoms with van der Waals surface area (Å²) in [5, 5.41) is 8.71. The van der Waals surface area contributed by atoms with Gasteiger partial charge in [-0.2, -0.15) is 0 Å². The summed E-state index contributed by atoms with van der Waals surface area (Å²) < 4.78 is 7.68. The molecule has 0 saturated carbocycles. The average Bonchev–Trinajstić information content (AvgIpc) is 2.94. The Kier molecular flexibility index (Phi) is 7.22. The van der Waals surface area contributed by atoms with Crippen LogP contribution >= 0.6 is 56.9 Å². The van der Waals surface area contributed by atoms with Crippen LogP contribution in [0, 0.1) is 7.14 Å². The van der Waals surface area contributed by atoms with Gasteiger partial charge in [-0.15, -0.1) is 0 Å². The molecule has 3 rings (SSSR count). The number of thioether (sulfide) groups is 1. The molecule has 0 aliphatic carbocycles. The van der Waals surface area contributed by atoms with Crippen LogP contribution in [0.2, 0.25) is 0 Å². The lowest BCUT2D eigenvalue weighted by molar-refractivity contribution is -0.122. The number of amides is 2. The van der Waals surface area contributed by atoms with E-state index in [1.54, 1.807) is 37.3 Å². The first-order valence-electron chi connectivity index (χ1n) is 8.49. The minimum absolute atomic E-state index is 0.231. The molecule has 0 radical (unpaired) electrons. The van der Waals surface area contributed by atoms with Crippen molar-refractivity contribution in [1.29, 1.82) is 0 Å². The van der Waals surface area contributed by atoms with Gasteiger partial charge in [-0.1, -0.05) is 12.1 Å². The molecule has 1 fully saturated rings. The zero-order valence-corrected chi connectivity index (χ0v) is 20.3. The number of nitrogens with zero attached hydrogens (tertiary/aromatic N) is 1. The second-order valence-corrected chi connectivity index (χ2v) is 9.35.